The second-order valence-electron chi connectivity index (χ2n) is 4.31. The number of fused-ring (bicyclic) bond motifs is 1. The molecular weight excluding hydrogens is 258 g/mol. The molecule has 3 aromatic rings. The highest BCUT2D eigenvalue weighted by atomic mass is 32.1. The summed E-state index contributed by atoms with van der Waals surface area (Å²) < 4.78 is 0. The van der Waals surface area contributed by atoms with Crippen molar-refractivity contribution in [3.63, 3.8) is 0 Å². The fourth-order valence-corrected chi connectivity index (χ4v) is 2.55. The fourth-order valence-electron chi connectivity index (χ4n) is 1.92. The number of carbonyl (C=O) groups is 1. The third-order valence-electron chi connectivity index (χ3n) is 2.91. The van der Waals surface area contributed by atoms with E-state index in [1.807, 2.05) is 48.7 Å². The minimum absolute atomic E-state index is 0.0667. The highest BCUT2D eigenvalue weighted by Crippen LogP contribution is 2.16. The Bertz CT molecular complexity index is 669. The summed E-state index contributed by atoms with van der Waals surface area (Å²) in [5.41, 5.74) is 1.89. The maximum absolute atomic E-state index is 12.0. The first-order chi connectivity index (χ1) is 9.24. The smallest absolute Gasteiger partial charge is 0.261 e. The molecule has 19 heavy (non-hydrogen) atoms. The van der Waals surface area contributed by atoms with E-state index in [0.29, 0.717) is 4.88 Å². The maximum atomic E-state index is 12.0. The van der Waals surface area contributed by atoms with Crippen molar-refractivity contribution in [2.24, 2.45) is 0 Å². The van der Waals surface area contributed by atoms with E-state index in [2.05, 4.69) is 15.3 Å². The molecule has 0 aliphatic heterocycles. The molecule has 2 N–H and O–H groups in total. The van der Waals surface area contributed by atoms with Crippen LogP contribution in [0.1, 0.15) is 28.5 Å². The number of hydrogen-bond acceptors (Lipinski definition) is 3. The van der Waals surface area contributed by atoms with Crippen molar-refractivity contribution in [2.45, 2.75) is 13.0 Å². The molecule has 0 spiro atoms. The van der Waals surface area contributed by atoms with Gasteiger partial charge in [-0.05, 0) is 30.5 Å². The number of nitrogens with zero attached hydrogens (tertiary/aromatic N) is 1. The standard InChI is InChI=1S/C14H13N3OS/c1-9(15-14(18)12-7-4-8-19-12)13-16-10-5-2-3-6-11(10)17-13/h2-9H,1H3,(H,15,18)(H,16,17). The molecule has 0 fully saturated rings. The average Bonchev–Trinajstić information content (AvgIpc) is 3.07. The number of hydrogen-bond donors (Lipinski definition) is 2. The average molecular weight is 271 g/mol. The molecule has 0 radical (unpaired) electrons. The van der Waals surface area contributed by atoms with Crippen LogP contribution in [0, 0.1) is 0 Å². The maximum Gasteiger partial charge on any atom is 0.261 e. The number of para-hydroxylation sites is 2. The number of carbonyl (C=O) groups excluding carboxylic acids is 1. The Hall–Kier alpha value is -2.14. The molecule has 0 bridgehead atoms. The SMILES string of the molecule is CC(NC(=O)c1cccs1)c1nc2ccccc2[nH]1. The van der Waals surface area contributed by atoms with Gasteiger partial charge in [-0.25, -0.2) is 4.98 Å². The number of amides is 1. The minimum Gasteiger partial charge on any atom is -0.342 e. The van der Waals surface area contributed by atoms with E-state index in [-0.39, 0.29) is 11.9 Å². The highest BCUT2D eigenvalue weighted by molar-refractivity contribution is 7.12. The molecule has 1 unspecified atom stereocenters. The van der Waals surface area contributed by atoms with Crippen LogP contribution in [0.3, 0.4) is 0 Å². The lowest BCUT2D eigenvalue weighted by molar-refractivity contribution is 0.0942. The van der Waals surface area contributed by atoms with Gasteiger partial charge in [0.05, 0.1) is 22.0 Å². The third kappa shape index (κ3) is 2.37. The summed E-state index contributed by atoms with van der Waals surface area (Å²) in [4.78, 5) is 20.4. The van der Waals surface area contributed by atoms with Gasteiger partial charge in [-0.2, -0.15) is 0 Å². The van der Waals surface area contributed by atoms with Crippen molar-refractivity contribution < 1.29 is 4.79 Å². The van der Waals surface area contributed by atoms with E-state index in [1.165, 1.54) is 11.3 Å². The summed E-state index contributed by atoms with van der Waals surface area (Å²) in [5.74, 6) is 0.703. The van der Waals surface area contributed by atoms with Crippen molar-refractivity contribution >= 4 is 28.3 Å². The van der Waals surface area contributed by atoms with Crippen LogP contribution >= 0.6 is 11.3 Å². The Balaban J connectivity index is 1.80. The first-order valence-electron chi connectivity index (χ1n) is 6.03. The third-order valence-corrected chi connectivity index (χ3v) is 3.78. The fraction of sp³-hybridized carbons (Fsp3) is 0.143. The van der Waals surface area contributed by atoms with Gasteiger partial charge in [0.15, 0.2) is 0 Å². The lowest BCUT2D eigenvalue weighted by atomic mass is 10.3. The number of benzene rings is 1. The van der Waals surface area contributed by atoms with E-state index in [0.717, 1.165) is 16.9 Å². The molecule has 0 aliphatic carbocycles. The zero-order chi connectivity index (χ0) is 13.2. The molecule has 4 nitrogen and oxygen atoms in total. The topological polar surface area (TPSA) is 57.8 Å². The molecular formula is C14H13N3OS. The molecule has 0 saturated heterocycles. The van der Waals surface area contributed by atoms with Crippen molar-refractivity contribution in [1.29, 1.82) is 0 Å². The van der Waals surface area contributed by atoms with Gasteiger partial charge in [-0.15, -0.1) is 11.3 Å². The normalized spacial score (nSPS) is 12.5. The predicted octanol–water partition coefficient (Wildman–Crippen LogP) is 3.12. The molecule has 1 atom stereocenters. The molecule has 96 valence electrons. The van der Waals surface area contributed by atoms with Crippen LogP contribution in [0.25, 0.3) is 11.0 Å². The van der Waals surface area contributed by atoms with E-state index < -0.39 is 0 Å². The number of rotatable bonds is 3. The second kappa shape index (κ2) is 4.85. The second-order valence-corrected chi connectivity index (χ2v) is 5.26. The van der Waals surface area contributed by atoms with E-state index in [4.69, 9.17) is 0 Å². The number of thiophene rings is 1. The number of aromatic nitrogens is 2. The number of aromatic amines is 1. The molecule has 2 aromatic heterocycles. The van der Waals surface area contributed by atoms with Gasteiger partial charge in [-0.1, -0.05) is 18.2 Å². The lowest BCUT2D eigenvalue weighted by Crippen LogP contribution is -2.26. The quantitative estimate of drug-likeness (QED) is 0.769. The first-order valence-corrected chi connectivity index (χ1v) is 6.91. The van der Waals surface area contributed by atoms with Crippen LogP contribution in [0.4, 0.5) is 0 Å². The Labute approximate surface area is 114 Å². The summed E-state index contributed by atoms with van der Waals surface area (Å²) in [5, 5.41) is 4.83. The van der Waals surface area contributed by atoms with E-state index in [1.54, 1.807) is 0 Å². The molecule has 1 aromatic carbocycles. The van der Waals surface area contributed by atoms with Crippen molar-refractivity contribution in [2.75, 3.05) is 0 Å². The first kappa shape index (κ1) is 11.9. The monoisotopic (exact) mass is 271 g/mol. The van der Waals surface area contributed by atoms with Gasteiger partial charge in [0, 0.05) is 0 Å². The molecule has 5 heteroatoms. The molecule has 2 heterocycles. The van der Waals surface area contributed by atoms with Gasteiger partial charge in [0.2, 0.25) is 0 Å². The lowest BCUT2D eigenvalue weighted by Gasteiger charge is -2.10. The Morgan fingerprint density at radius 1 is 1.32 bits per heavy atom. The summed E-state index contributed by atoms with van der Waals surface area (Å²) in [6.07, 6.45) is 0. The largest absolute Gasteiger partial charge is 0.342 e. The van der Waals surface area contributed by atoms with Gasteiger partial charge in [0.1, 0.15) is 5.82 Å². The predicted molar refractivity (Wildman–Crippen MR) is 76.3 cm³/mol. The van der Waals surface area contributed by atoms with Crippen LogP contribution in [0.15, 0.2) is 41.8 Å². The van der Waals surface area contributed by atoms with Crippen LogP contribution in [-0.2, 0) is 0 Å². The zero-order valence-electron chi connectivity index (χ0n) is 10.4. The molecule has 0 aliphatic rings. The summed E-state index contributed by atoms with van der Waals surface area (Å²) in [6.45, 7) is 1.92. The summed E-state index contributed by atoms with van der Waals surface area (Å²) in [6, 6.07) is 11.3. The van der Waals surface area contributed by atoms with Crippen molar-refractivity contribution in [3.05, 3.63) is 52.5 Å². The zero-order valence-corrected chi connectivity index (χ0v) is 11.2. The summed E-state index contributed by atoms with van der Waals surface area (Å²) >= 11 is 1.43. The highest BCUT2D eigenvalue weighted by Gasteiger charge is 2.15. The minimum atomic E-state index is -0.151. The van der Waals surface area contributed by atoms with Crippen LogP contribution in [0.5, 0.6) is 0 Å². The van der Waals surface area contributed by atoms with Crippen LogP contribution < -0.4 is 5.32 Å². The molecule has 3 rings (SSSR count). The van der Waals surface area contributed by atoms with E-state index in [9.17, 15) is 4.79 Å². The van der Waals surface area contributed by atoms with Gasteiger partial charge in [-0.3, -0.25) is 4.79 Å². The van der Waals surface area contributed by atoms with Crippen LogP contribution in [-0.4, -0.2) is 15.9 Å². The Morgan fingerprint density at radius 3 is 2.89 bits per heavy atom. The van der Waals surface area contributed by atoms with Crippen molar-refractivity contribution in [1.82, 2.24) is 15.3 Å². The molecule has 1 amide bonds. The molecule has 0 saturated carbocycles. The number of imidazole rings is 1. The van der Waals surface area contributed by atoms with Crippen LogP contribution in [0.2, 0.25) is 0 Å². The van der Waals surface area contributed by atoms with Crippen molar-refractivity contribution in [3.8, 4) is 0 Å². The number of H-pyrrole nitrogens is 1. The number of nitrogens with one attached hydrogen (secondary N) is 2. The summed E-state index contributed by atoms with van der Waals surface area (Å²) in [7, 11) is 0. The Morgan fingerprint density at radius 2 is 2.16 bits per heavy atom. The van der Waals surface area contributed by atoms with Gasteiger partial charge in [0.25, 0.3) is 5.91 Å². The van der Waals surface area contributed by atoms with Gasteiger partial charge < -0.3 is 10.3 Å². The Kier molecular flexibility index (Phi) is 3.05. The van der Waals surface area contributed by atoms with E-state index >= 15 is 0 Å². The van der Waals surface area contributed by atoms with Gasteiger partial charge >= 0.3 is 0 Å².